The van der Waals surface area contributed by atoms with Gasteiger partial charge in [0, 0.05) is 10.2 Å². The van der Waals surface area contributed by atoms with E-state index in [1.54, 1.807) is 6.92 Å². The predicted molar refractivity (Wildman–Crippen MR) is 84.0 cm³/mol. The van der Waals surface area contributed by atoms with Crippen LogP contribution in [0.3, 0.4) is 0 Å². The van der Waals surface area contributed by atoms with Gasteiger partial charge in [-0.05, 0) is 58.2 Å². The summed E-state index contributed by atoms with van der Waals surface area (Å²) in [6.07, 6.45) is 0.489. The Kier molecular flexibility index (Phi) is 6.02. The summed E-state index contributed by atoms with van der Waals surface area (Å²) in [6.45, 7) is 7.21. The third-order valence-electron chi connectivity index (χ3n) is 2.54. The number of aliphatic hydroxyl groups is 1. The van der Waals surface area contributed by atoms with Gasteiger partial charge in [0.2, 0.25) is 0 Å². The molecule has 0 saturated carbocycles. The van der Waals surface area contributed by atoms with Crippen molar-refractivity contribution in [2.24, 2.45) is 0 Å². The lowest BCUT2D eigenvalue weighted by Crippen LogP contribution is -2.27. The quantitative estimate of drug-likeness (QED) is 0.864. The number of carbonyl (C=O) groups excluding carboxylic acids is 1. The average molecular weight is 344 g/mol. The molecule has 5 heteroatoms. The maximum atomic E-state index is 11.8. The second-order valence-electron chi connectivity index (χ2n) is 5.82. The van der Waals surface area contributed by atoms with Gasteiger partial charge in [0.25, 0.3) is 0 Å². The minimum atomic E-state index is -0.532. The van der Waals surface area contributed by atoms with Crippen molar-refractivity contribution < 1.29 is 14.6 Å². The molecule has 0 aliphatic rings. The van der Waals surface area contributed by atoms with Gasteiger partial charge in [-0.2, -0.15) is 0 Å². The number of nitrogens with one attached hydrogen (secondary N) is 1. The number of halogens is 1. The maximum absolute atomic E-state index is 11.8. The maximum Gasteiger partial charge on any atom is 0.412 e. The SMILES string of the molecule is C[C@@H](O)CCc1ccc(Br)cc1NC(=O)OC(C)(C)C. The van der Waals surface area contributed by atoms with Crippen molar-refractivity contribution in [1.29, 1.82) is 0 Å². The summed E-state index contributed by atoms with van der Waals surface area (Å²) in [5.74, 6) is 0. The molecule has 1 amide bonds. The van der Waals surface area contributed by atoms with Crippen LogP contribution >= 0.6 is 15.9 Å². The van der Waals surface area contributed by atoms with Crippen LogP contribution in [0.4, 0.5) is 10.5 Å². The summed E-state index contributed by atoms with van der Waals surface area (Å²) >= 11 is 3.39. The van der Waals surface area contributed by atoms with Gasteiger partial charge in [-0.15, -0.1) is 0 Å². The van der Waals surface area contributed by atoms with Crippen molar-refractivity contribution in [2.45, 2.75) is 52.2 Å². The highest BCUT2D eigenvalue weighted by Gasteiger charge is 2.17. The van der Waals surface area contributed by atoms with Gasteiger partial charge >= 0.3 is 6.09 Å². The Morgan fingerprint density at radius 1 is 1.45 bits per heavy atom. The zero-order valence-corrected chi connectivity index (χ0v) is 14.0. The summed E-state index contributed by atoms with van der Waals surface area (Å²) in [6, 6.07) is 5.68. The second kappa shape index (κ2) is 7.09. The highest BCUT2D eigenvalue weighted by atomic mass is 79.9. The van der Waals surface area contributed by atoms with Crippen molar-refractivity contribution in [3.63, 3.8) is 0 Å². The monoisotopic (exact) mass is 343 g/mol. The first-order chi connectivity index (χ1) is 9.17. The van der Waals surface area contributed by atoms with E-state index in [9.17, 15) is 9.90 Å². The zero-order valence-electron chi connectivity index (χ0n) is 12.4. The van der Waals surface area contributed by atoms with Crippen LogP contribution in [-0.4, -0.2) is 22.9 Å². The smallest absolute Gasteiger partial charge is 0.412 e. The van der Waals surface area contributed by atoms with E-state index in [2.05, 4.69) is 21.2 Å². The van der Waals surface area contributed by atoms with Crippen LogP contribution in [-0.2, 0) is 11.2 Å². The van der Waals surface area contributed by atoms with E-state index in [4.69, 9.17) is 4.74 Å². The summed E-state index contributed by atoms with van der Waals surface area (Å²) in [5.41, 5.74) is 1.14. The first-order valence-electron chi connectivity index (χ1n) is 6.64. The molecule has 0 spiro atoms. The zero-order chi connectivity index (χ0) is 15.3. The van der Waals surface area contributed by atoms with Crippen LogP contribution in [0.2, 0.25) is 0 Å². The predicted octanol–water partition coefficient (Wildman–Crippen LogP) is 4.11. The fourth-order valence-corrected chi connectivity index (χ4v) is 2.02. The molecule has 0 saturated heterocycles. The molecular formula is C15H22BrNO3. The molecule has 0 aromatic heterocycles. The van der Waals surface area contributed by atoms with Gasteiger partial charge in [0.05, 0.1) is 6.10 Å². The lowest BCUT2D eigenvalue weighted by Gasteiger charge is -2.20. The fourth-order valence-electron chi connectivity index (χ4n) is 1.66. The van der Waals surface area contributed by atoms with Gasteiger partial charge in [-0.25, -0.2) is 4.79 Å². The van der Waals surface area contributed by atoms with Crippen molar-refractivity contribution >= 4 is 27.7 Å². The van der Waals surface area contributed by atoms with Crippen molar-refractivity contribution in [1.82, 2.24) is 0 Å². The molecule has 4 nitrogen and oxygen atoms in total. The molecule has 1 aromatic carbocycles. The van der Waals surface area contributed by atoms with E-state index in [0.717, 1.165) is 10.0 Å². The van der Waals surface area contributed by atoms with Crippen molar-refractivity contribution in [2.75, 3.05) is 5.32 Å². The van der Waals surface area contributed by atoms with Gasteiger partial charge in [0.1, 0.15) is 5.60 Å². The van der Waals surface area contributed by atoms with Gasteiger partial charge in [-0.3, -0.25) is 5.32 Å². The first kappa shape index (κ1) is 17.0. The van der Waals surface area contributed by atoms with Crippen LogP contribution in [0.5, 0.6) is 0 Å². The van der Waals surface area contributed by atoms with E-state index < -0.39 is 11.7 Å². The lowest BCUT2D eigenvalue weighted by molar-refractivity contribution is 0.0636. The molecule has 0 bridgehead atoms. The van der Waals surface area contributed by atoms with Crippen molar-refractivity contribution in [3.05, 3.63) is 28.2 Å². The van der Waals surface area contributed by atoms with E-state index in [-0.39, 0.29) is 6.10 Å². The molecule has 20 heavy (non-hydrogen) atoms. The average Bonchev–Trinajstić information content (AvgIpc) is 2.24. The Bertz CT molecular complexity index is 467. The Morgan fingerprint density at radius 3 is 2.65 bits per heavy atom. The number of rotatable bonds is 4. The third kappa shape index (κ3) is 6.39. The van der Waals surface area contributed by atoms with Crippen LogP contribution < -0.4 is 5.32 Å². The number of hydrogen-bond donors (Lipinski definition) is 2. The van der Waals surface area contributed by atoms with E-state index in [1.165, 1.54) is 0 Å². The molecule has 0 unspecified atom stereocenters. The van der Waals surface area contributed by atoms with Crippen LogP contribution in [0.25, 0.3) is 0 Å². The number of aryl methyl sites for hydroxylation is 1. The number of hydrogen-bond acceptors (Lipinski definition) is 3. The lowest BCUT2D eigenvalue weighted by atomic mass is 10.1. The Hall–Kier alpha value is -1.07. The van der Waals surface area contributed by atoms with E-state index in [1.807, 2.05) is 39.0 Å². The van der Waals surface area contributed by atoms with Gasteiger partial charge in [-0.1, -0.05) is 22.0 Å². The molecule has 0 radical (unpaired) electrons. The highest BCUT2D eigenvalue weighted by Crippen LogP contribution is 2.24. The molecule has 0 aliphatic heterocycles. The summed E-state index contributed by atoms with van der Waals surface area (Å²) in [4.78, 5) is 11.8. The van der Waals surface area contributed by atoms with E-state index >= 15 is 0 Å². The Balaban J connectivity index is 2.81. The standard InChI is InChI=1S/C15H22BrNO3/c1-10(18)5-6-11-7-8-12(16)9-13(11)17-14(19)20-15(2,3)4/h7-10,18H,5-6H2,1-4H3,(H,17,19)/t10-/m1/s1. The highest BCUT2D eigenvalue weighted by molar-refractivity contribution is 9.10. The number of carbonyl (C=O) groups is 1. The minimum Gasteiger partial charge on any atom is -0.444 e. The normalized spacial score (nSPS) is 12.9. The minimum absolute atomic E-state index is 0.368. The van der Waals surface area contributed by atoms with Gasteiger partial charge in [0.15, 0.2) is 0 Å². The first-order valence-corrected chi connectivity index (χ1v) is 7.43. The largest absolute Gasteiger partial charge is 0.444 e. The molecule has 1 atom stereocenters. The molecule has 1 aromatic rings. The number of aliphatic hydroxyl groups excluding tert-OH is 1. The molecule has 112 valence electrons. The molecular weight excluding hydrogens is 322 g/mol. The second-order valence-corrected chi connectivity index (χ2v) is 6.73. The molecule has 0 aliphatic carbocycles. The molecule has 2 N–H and O–H groups in total. The third-order valence-corrected chi connectivity index (χ3v) is 3.03. The van der Waals surface area contributed by atoms with Crippen LogP contribution in [0.15, 0.2) is 22.7 Å². The Labute approximate surface area is 128 Å². The van der Waals surface area contributed by atoms with Gasteiger partial charge < -0.3 is 9.84 Å². The molecule has 0 fully saturated rings. The number of ether oxygens (including phenoxy) is 1. The summed E-state index contributed by atoms with van der Waals surface area (Å²) in [5, 5.41) is 12.1. The topological polar surface area (TPSA) is 58.6 Å². The number of amides is 1. The number of anilines is 1. The summed E-state index contributed by atoms with van der Waals surface area (Å²) in [7, 11) is 0. The number of benzene rings is 1. The molecule has 0 heterocycles. The van der Waals surface area contributed by atoms with Crippen molar-refractivity contribution in [3.8, 4) is 0 Å². The fraction of sp³-hybridized carbons (Fsp3) is 0.533. The van der Waals surface area contributed by atoms with E-state index in [0.29, 0.717) is 18.5 Å². The summed E-state index contributed by atoms with van der Waals surface area (Å²) < 4.78 is 6.13. The van der Waals surface area contributed by atoms with Crippen LogP contribution in [0.1, 0.15) is 39.7 Å². The Morgan fingerprint density at radius 2 is 2.10 bits per heavy atom. The van der Waals surface area contributed by atoms with Crippen LogP contribution in [0, 0.1) is 0 Å². The molecule has 1 rings (SSSR count).